The zero-order valence-corrected chi connectivity index (χ0v) is 19.9. The van der Waals surface area contributed by atoms with Crippen LogP contribution in [0.1, 0.15) is 61.4 Å². The van der Waals surface area contributed by atoms with Crippen LogP contribution in [0.4, 0.5) is 10.5 Å². The second-order valence-electron chi connectivity index (χ2n) is 9.00. The molecule has 3 aromatic rings. The highest BCUT2D eigenvalue weighted by atomic mass is 32.1. The molecule has 3 heterocycles. The summed E-state index contributed by atoms with van der Waals surface area (Å²) >= 11 is 1.93. The highest BCUT2D eigenvalue weighted by molar-refractivity contribution is 7.15. The van der Waals surface area contributed by atoms with Gasteiger partial charge in [0.25, 0.3) is 0 Å². The Morgan fingerprint density at radius 2 is 1.94 bits per heavy atom. The summed E-state index contributed by atoms with van der Waals surface area (Å²) in [5.41, 5.74) is 4.80. The Kier molecular flexibility index (Phi) is 5.72. The average Bonchev–Trinajstić information content (AvgIpc) is 3.36. The zero-order chi connectivity index (χ0) is 22.2. The third-order valence-electron chi connectivity index (χ3n) is 6.53. The lowest BCUT2D eigenvalue weighted by Crippen LogP contribution is -2.39. The Balaban J connectivity index is 1.52. The summed E-state index contributed by atoms with van der Waals surface area (Å²) in [5, 5.41) is 4.45. The number of amides is 2. The molecule has 1 N–H and O–H groups in total. The standard InChI is InChI=1S/C26H31N3O2S/c1-4-31-19-13-11-18(12-14-19)27-26(30)29-16-21-20-8-5-6-10-23(20)32-25(21)28-15-7-9-22(28)24(29)17(2)3/h7,9,11-15,17,24H,4-6,8,10,16H2,1-3H3,(H,27,30)/t24-/m0/s1. The van der Waals surface area contributed by atoms with Crippen molar-refractivity contribution in [3.63, 3.8) is 0 Å². The first-order valence-corrected chi connectivity index (χ1v) is 12.5. The number of carbonyl (C=O) groups is 1. The van der Waals surface area contributed by atoms with Crippen LogP contribution in [0, 0.1) is 5.92 Å². The molecule has 1 aliphatic carbocycles. The summed E-state index contributed by atoms with van der Waals surface area (Å²) in [4.78, 5) is 17.2. The van der Waals surface area contributed by atoms with Crippen LogP contribution in [-0.4, -0.2) is 22.1 Å². The van der Waals surface area contributed by atoms with Gasteiger partial charge in [-0.05, 0) is 80.5 Å². The number of hydrogen-bond donors (Lipinski definition) is 1. The van der Waals surface area contributed by atoms with Crippen LogP contribution in [0.5, 0.6) is 5.75 Å². The van der Waals surface area contributed by atoms with Crippen LogP contribution in [0.2, 0.25) is 0 Å². The molecule has 2 amide bonds. The topological polar surface area (TPSA) is 46.5 Å². The van der Waals surface area contributed by atoms with Crippen molar-refractivity contribution in [2.24, 2.45) is 5.92 Å². The molecule has 0 spiro atoms. The Labute approximate surface area is 194 Å². The van der Waals surface area contributed by atoms with Gasteiger partial charge in [-0.2, -0.15) is 0 Å². The number of urea groups is 1. The van der Waals surface area contributed by atoms with Crippen molar-refractivity contribution in [3.05, 3.63) is 64.3 Å². The number of thiophene rings is 1. The largest absolute Gasteiger partial charge is 0.494 e. The van der Waals surface area contributed by atoms with Crippen molar-refractivity contribution >= 4 is 23.1 Å². The minimum atomic E-state index is -0.0516. The molecule has 0 fully saturated rings. The summed E-state index contributed by atoms with van der Waals surface area (Å²) in [5.74, 6) is 1.10. The first-order chi connectivity index (χ1) is 15.6. The summed E-state index contributed by atoms with van der Waals surface area (Å²) in [7, 11) is 0. The van der Waals surface area contributed by atoms with Crippen LogP contribution < -0.4 is 10.1 Å². The quantitative estimate of drug-likeness (QED) is 0.490. The maximum Gasteiger partial charge on any atom is 0.322 e. The lowest BCUT2D eigenvalue weighted by Gasteiger charge is -2.33. The van der Waals surface area contributed by atoms with Gasteiger partial charge in [0.1, 0.15) is 10.8 Å². The Hall–Kier alpha value is -2.73. The number of ether oxygens (including phenoxy) is 1. The van der Waals surface area contributed by atoms with E-state index in [0.29, 0.717) is 19.1 Å². The van der Waals surface area contributed by atoms with Gasteiger partial charge in [-0.25, -0.2) is 4.79 Å². The first-order valence-electron chi connectivity index (χ1n) is 11.7. The molecule has 2 aliphatic rings. The van der Waals surface area contributed by atoms with E-state index in [1.165, 1.54) is 39.5 Å². The lowest BCUT2D eigenvalue weighted by atomic mass is 9.94. The van der Waals surface area contributed by atoms with Gasteiger partial charge in [-0.15, -0.1) is 11.3 Å². The molecule has 6 heteroatoms. The van der Waals surface area contributed by atoms with Gasteiger partial charge < -0.3 is 19.5 Å². The van der Waals surface area contributed by atoms with Crippen molar-refractivity contribution in [2.75, 3.05) is 11.9 Å². The van der Waals surface area contributed by atoms with Crippen molar-refractivity contribution in [3.8, 4) is 10.8 Å². The van der Waals surface area contributed by atoms with Crippen LogP contribution in [0.3, 0.4) is 0 Å². The van der Waals surface area contributed by atoms with Crippen LogP contribution in [-0.2, 0) is 19.4 Å². The van der Waals surface area contributed by atoms with Crippen molar-refractivity contribution < 1.29 is 9.53 Å². The summed E-state index contributed by atoms with van der Waals surface area (Å²) in [6.07, 6.45) is 6.95. The third kappa shape index (κ3) is 3.71. The third-order valence-corrected chi connectivity index (χ3v) is 7.87. The summed E-state index contributed by atoms with van der Waals surface area (Å²) < 4.78 is 7.88. The molecule has 0 bridgehead atoms. The van der Waals surface area contributed by atoms with E-state index >= 15 is 0 Å². The molecule has 0 radical (unpaired) electrons. The second-order valence-corrected chi connectivity index (χ2v) is 10.1. The molecule has 32 heavy (non-hydrogen) atoms. The van der Waals surface area contributed by atoms with Crippen molar-refractivity contribution in [1.29, 1.82) is 0 Å². The van der Waals surface area contributed by atoms with E-state index in [2.05, 4.69) is 42.1 Å². The van der Waals surface area contributed by atoms with Crippen LogP contribution in [0.25, 0.3) is 5.00 Å². The molecule has 5 nitrogen and oxygen atoms in total. The monoisotopic (exact) mass is 449 g/mol. The molecule has 2 aromatic heterocycles. The number of aryl methyl sites for hydroxylation is 1. The van der Waals surface area contributed by atoms with E-state index in [9.17, 15) is 4.79 Å². The summed E-state index contributed by atoms with van der Waals surface area (Å²) in [6.45, 7) is 7.65. The maximum absolute atomic E-state index is 13.7. The number of rotatable bonds is 4. The van der Waals surface area contributed by atoms with Gasteiger partial charge in [0.05, 0.1) is 19.2 Å². The Morgan fingerprint density at radius 3 is 2.69 bits per heavy atom. The summed E-state index contributed by atoms with van der Waals surface area (Å²) in [6, 6.07) is 11.9. The van der Waals surface area contributed by atoms with E-state index in [0.717, 1.165) is 24.3 Å². The molecular weight excluding hydrogens is 418 g/mol. The second kappa shape index (κ2) is 8.66. The Morgan fingerprint density at radius 1 is 1.16 bits per heavy atom. The number of benzene rings is 1. The van der Waals surface area contributed by atoms with Gasteiger partial charge in [-0.3, -0.25) is 0 Å². The van der Waals surface area contributed by atoms with Gasteiger partial charge in [-0.1, -0.05) is 13.8 Å². The van der Waals surface area contributed by atoms with E-state index in [1.807, 2.05) is 47.4 Å². The minimum absolute atomic E-state index is 0.00605. The molecule has 1 aliphatic heterocycles. The normalized spacial score (nSPS) is 17.4. The fourth-order valence-electron chi connectivity index (χ4n) is 5.12. The van der Waals surface area contributed by atoms with E-state index in [4.69, 9.17) is 4.74 Å². The van der Waals surface area contributed by atoms with E-state index < -0.39 is 0 Å². The molecular formula is C26H31N3O2S. The number of hydrogen-bond acceptors (Lipinski definition) is 3. The fraction of sp³-hybridized carbons (Fsp3) is 0.423. The number of nitrogens with one attached hydrogen (secondary N) is 1. The van der Waals surface area contributed by atoms with Gasteiger partial charge in [0.2, 0.25) is 0 Å². The van der Waals surface area contributed by atoms with E-state index in [1.54, 1.807) is 0 Å². The SMILES string of the molecule is CCOc1ccc(NC(=O)N2Cc3c(sc4c3CCCC4)-n3cccc3[C@@H]2C(C)C)cc1. The predicted molar refractivity (Wildman–Crippen MR) is 130 cm³/mol. The number of aromatic nitrogens is 1. The number of carbonyl (C=O) groups excluding carboxylic acids is 1. The zero-order valence-electron chi connectivity index (χ0n) is 19.1. The fourth-order valence-corrected chi connectivity index (χ4v) is 6.52. The number of anilines is 1. The van der Waals surface area contributed by atoms with Crippen LogP contribution in [0.15, 0.2) is 42.6 Å². The maximum atomic E-state index is 13.7. The lowest BCUT2D eigenvalue weighted by molar-refractivity contribution is 0.161. The predicted octanol–water partition coefficient (Wildman–Crippen LogP) is 6.56. The molecule has 1 aromatic carbocycles. The minimum Gasteiger partial charge on any atom is -0.494 e. The van der Waals surface area contributed by atoms with E-state index in [-0.39, 0.29) is 12.1 Å². The average molecular weight is 450 g/mol. The molecule has 168 valence electrons. The van der Waals surface area contributed by atoms with Gasteiger partial charge >= 0.3 is 6.03 Å². The first kappa shape index (κ1) is 21.1. The van der Waals surface area contributed by atoms with Crippen molar-refractivity contribution in [1.82, 2.24) is 9.47 Å². The van der Waals surface area contributed by atoms with Crippen molar-refractivity contribution in [2.45, 2.75) is 59.0 Å². The molecule has 0 saturated heterocycles. The molecule has 5 rings (SSSR count). The molecule has 1 atom stereocenters. The van der Waals surface area contributed by atoms with Gasteiger partial charge in [0, 0.05) is 28.0 Å². The number of nitrogens with zero attached hydrogens (tertiary/aromatic N) is 2. The molecule has 0 saturated carbocycles. The Bertz CT molecular complexity index is 1110. The highest BCUT2D eigenvalue weighted by Crippen LogP contribution is 2.44. The smallest absolute Gasteiger partial charge is 0.322 e. The number of fused-ring (bicyclic) bond motifs is 5. The highest BCUT2D eigenvalue weighted by Gasteiger charge is 2.36. The van der Waals surface area contributed by atoms with Crippen LogP contribution >= 0.6 is 11.3 Å². The molecule has 0 unspecified atom stereocenters. The van der Waals surface area contributed by atoms with Gasteiger partial charge in [0.15, 0.2) is 0 Å².